The summed E-state index contributed by atoms with van der Waals surface area (Å²) in [5.41, 5.74) is 1.18. The van der Waals surface area contributed by atoms with Crippen LogP contribution >= 0.6 is 0 Å². The van der Waals surface area contributed by atoms with Crippen LogP contribution in [0.15, 0.2) is 24.3 Å². The molecular weight excluding hydrogens is 278 g/mol. The number of aliphatic hydroxyl groups excluding tert-OH is 1. The van der Waals surface area contributed by atoms with Crippen LogP contribution in [0.4, 0.5) is 0 Å². The molecule has 0 fully saturated rings. The molecule has 0 aromatic heterocycles. The zero-order valence-electron chi connectivity index (χ0n) is 14.6. The summed E-state index contributed by atoms with van der Waals surface area (Å²) < 4.78 is 10.8. The van der Waals surface area contributed by atoms with E-state index in [4.69, 9.17) is 9.47 Å². The van der Waals surface area contributed by atoms with Crippen molar-refractivity contribution in [2.75, 3.05) is 26.9 Å². The molecule has 1 N–H and O–H groups in total. The molecule has 0 aliphatic heterocycles. The van der Waals surface area contributed by atoms with Crippen LogP contribution in [0, 0.1) is 5.92 Å². The second-order valence-electron chi connectivity index (χ2n) is 6.46. The smallest absolute Gasteiger partial charge is 0.119 e. The standard InChI is InChI=1S/C18H31NO3/c1-14(2)12-22-13-17(20)11-19(15(3)4)10-16-7-6-8-18(9-16)21-5/h6-9,14-15,17,20H,10-13H2,1-5H3/t17-/m0/s1. The summed E-state index contributed by atoms with van der Waals surface area (Å²) in [4.78, 5) is 2.25. The maximum Gasteiger partial charge on any atom is 0.119 e. The summed E-state index contributed by atoms with van der Waals surface area (Å²) in [7, 11) is 1.68. The molecule has 0 saturated heterocycles. The van der Waals surface area contributed by atoms with E-state index in [2.05, 4.69) is 38.7 Å². The largest absolute Gasteiger partial charge is 0.497 e. The summed E-state index contributed by atoms with van der Waals surface area (Å²) in [5.74, 6) is 1.35. The lowest BCUT2D eigenvalue weighted by atomic mass is 10.1. The van der Waals surface area contributed by atoms with Crippen LogP contribution < -0.4 is 4.74 Å². The first kappa shape index (κ1) is 18.9. The van der Waals surface area contributed by atoms with Crippen molar-refractivity contribution in [2.45, 2.75) is 46.4 Å². The molecule has 4 heteroatoms. The average molecular weight is 309 g/mol. The van der Waals surface area contributed by atoms with E-state index in [1.807, 2.05) is 18.2 Å². The van der Waals surface area contributed by atoms with E-state index in [1.165, 1.54) is 5.56 Å². The van der Waals surface area contributed by atoms with Gasteiger partial charge in [-0.2, -0.15) is 0 Å². The third kappa shape index (κ3) is 7.25. The van der Waals surface area contributed by atoms with Gasteiger partial charge < -0.3 is 14.6 Å². The van der Waals surface area contributed by atoms with Gasteiger partial charge in [-0.15, -0.1) is 0 Å². The van der Waals surface area contributed by atoms with Crippen LogP contribution in [0.5, 0.6) is 5.75 Å². The Kier molecular flexibility index (Phi) is 8.46. The zero-order valence-corrected chi connectivity index (χ0v) is 14.6. The van der Waals surface area contributed by atoms with E-state index in [0.717, 1.165) is 12.3 Å². The Morgan fingerprint density at radius 1 is 1.14 bits per heavy atom. The molecule has 0 bridgehead atoms. The van der Waals surface area contributed by atoms with Gasteiger partial charge in [-0.1, -0.05) is 26.0 Å². The van der Waals surface area contributed by atoms with Crippen LogP contribution in [0.1, 0.15) is 33.3 Å². The van der Waals surface area contributed by atoms with Crippen molar-refractivity contribution in [3.05, 3.63) is 29.8 Å². The number of methoxy groups -OCH3 is 1. The van der Waals surface area contributed by atoms with E-state index >= 15 is 0 Å². The van der Waals surface area contributed by atoms with Gasteiger partial charge in [0.05, 0.1) is 19.8 Å². The monoisotopic (exact) mass is 309 g/mol. The van der Waals surface area contributed by atoms with E-state index in [0.29, 0.717) is 31.7 Å². The minimum atomic E-state index is -0.466. The van der Waals surface area contributed by atoms with Gasteiger partial charge in [0.2, 0.25) is 0 Å². The summed E-state index contributed by atoms with van der Waals surface area (Å²) >= 11 is 0. The van der Waals surface area contributed by atoms with Gasteiger partial charge in [0.25, 0.3) is 0 Å². The fraction of sp³-hybridized carbons (Fsp3) is 0.667. The zero-order chi connectivity index (χ0) is 16.5. The van der Waals surface area contributed by atoms with Crippen molar-refractivity contribution < 1.29 is 14.6 Å². The molecule has 22 heavy (non-hydrogen) atoms. The van der Waals surface area contributed by atoms with Crippen molar-refractivity contribution >= 4 is 0 Å². The number of ether oxygens (including phenoxy) is 2. The second kappa shape index (κ2) is 9.82. The maximum absolute atomic E-state index is 10.2. The van der Waals surface area contributed by atoms with Gasteiger partial charge >= 0.3 is 0 Å². The summed E-state index contributed by atoms with van der Waals surface area (Å²) in [6.07, 6.45) is -0.466. The quantitative estimate of drug-likeness (QED) is 0.721. The number of hydrogen-bond acceptors (Lipinski definition) is 4. The first-order valence-electron chi connectivity index (χ1n) is 8.05. The molecule has 1 aromatic carbocycles. The molecule has 1 atom stereocenters. The highest BCUT2D eigenvalue weighted by atomic mass is 16.5. The predicted octanol–water partition coefficient (Wildman–Crippen LogP) is 2.94. The molecule has 0 spiro atoms. The predicted molar refractivity (Wildman–Crippen MR) is 90.2 cm³/mol. The molecule has 0 unspecified atom stereocenters. The Hall–Kier alpha value is -1.10. The lowest BCUT2D eigenvalue weighted by Gasteiger charge is -2.29. The lowest BCUT2D eigenvalue weighted by Crippen LogP contribution is -2.39. The minimum absolute atomic E-state index is 0.353. The van der Waals surface area contributed by atoms with Crippen molar-refractivity contribution in [3.63, 3.8) is 0 Å². The molecule has 0 saturated carbocycles. The maximum atomic E-state index is 10.2. The highest BCUT2D eigenvalue weighted by Crippen LogP contribution is 2.16. The summed E-state index contributed by atoms with van der Waals surface area (Å²) in [6.45, 7) is 11.0. The molecule has 1 rings (SSSR count). The van der Waals surface area contributed by atoms with Crippen molar-refractivity contribution in [2.24, 2.45) is 5.92 Å². The van der Waals surface area contributed by atoms with Gasteiger partial charge in [0.1, 0.15) is 5.75 Å². The highest BCUT2D eigenvalue weighted by molar-refractivity contribution is 5.28. The number of nitrogens with zero attached hydrogens (tertiary/aromatic N) is 1. The average Bonchev–Trinajstić information content (AvgIpc) is 2.46. The number of hydrogen-bond donors (Lipinski definition) is 1. The molecule has 0 aliphatic carbocycles. The van der Waals surface area contributed by atoms with Crippen LogP contribution in [0.2, 0.25) is 0 Å². The first-order valence-corrected chi connectivity index (χ1v) is 8.05. The summed E-state index contributed by atoms with van der Waals surface area (Å²) in [5, 5.41) is 10.2. The van der Waals surface area contributed by atoms with Crippen molar-refractivity contribution in [1.82, 2.24) is 4.90 Å². The van der Waals surface area contributed by atoms with Crippen LogP contribution in [-0.4, -0.2) is 49.0 Å². The summed E-state index contributed by atoms with van der Waals surface area (Å²) in [6, 6.07) is 8.41. The van der Waals surface area contributed by atoms with Crippen LogP contribution in [-0.2, 0) is 11.3 Å². The van der Waals surface area contributed by atoms with Gasteiger partial charge in [0.15, 0.2) is 0 Å². The third-order valence-corrected chi connectivity index (χ3v) is 3.46. The van der Waals surface area contributed by atoms with Crippen molar-refractivity contribution in [3.8, 4) is 5.75 Å². The Bertz CT molecular complexity index is 421. The first-order chi connectivity index (χ1) is 10.4. The topological polar surface area (TPSA) is 41.9 Å². The molecule has 0 aliphatic rings. The Morgan fingerprint density at radius 2 is 1.86 bits per heavy atom. The van der Waals surface area contributed by atoms with Crippen LogP contribution in [0.25, 0.3) is 0 Å². The van der Waals surface area contributed by atoms with E-state index in [1.54, 1.807) is 7.11 Å². The molecular formula is C18H31NO3. The van der Waals surface area contributed by atoms with Gasteiger partial charge in [-0.3, -0.25) is 4.90 Å². The number of aliphatic hydroxyl groups is 1. The number of rotatable bonds is 10. The normalized spacial score (nSPS) is 13.1. The molecule has 1 aromatic rings. The van der Waals surface area contributed by atoms with Gasteiger partial charge in [-0.25, -0.2) is 0 Å². The molecule has 0 amide bonds. The Balaban J connectivity index is 2.54. The minimum Gasteiger partial charge on any atom is -0.497 e. The van der Waals surface area contributed by atoms with E-state index in [-0.39, 0.29) is 0 Å². The molecule has 4 nitrogen and oxygen atoms in total. The van der Waals surface area contributed by atoms with Crippen LogP contribution in [0.3, 0.4) is 0 Å². The Labute approximate surface area is 135 Å². The highest BCUT2D eigenvalue weighted by Gasteiger charge is 2.16. The number of benzene rings is 1. The van der Waals surface area contributed by atoms with Gasteiger partial charge in [0, 0.05) is 25.7 Å². The SMILES string of the molecule is COc1cccc(CN(C[C@H](O)COCC(C)C)C(C)C)c1. The van der Waals surface area contributed by atoms with Crippen molar-refractivity contribution in [1.29, 1.82) is 0 Å². The molecule has 0 radical (unpaired) electrons. The lowest BCUT2D eigenvalue weighted by molar-refractivity contribution is 0.00173. The Morgan fingerprint density at radius 3 is 2.45 bits per heavy atom. The fourth-order valence-corrected chi connectivity index (χ4v) is 2.23. The van der Waals surface area contributed by atoms with E-state index in [9.17, 15) is 5.11 Å². The molecule has 126 valence electrons. The molecule has 0 heterocycles. The van der Waals surface area contributed by atoms with Gasteiger partial charge in [-0.05, 0) is 37.5 Å². The third-order valence-electron chi connectivity index (χ3n) is 3.46. The van der Waals surface area contributed by atoms with E-state index < -0.39 is 6.10 Å². The fourth-order valence-electron chi connectivity index (χ4n) is 2.23. The second-order valence-corrected chi connectivity index (χ2v) is 6.46.